The third-order valence-electron chi connectivity index (χ3n) is 4.21. The van der Waals surface area contributed by atoms with Gasteiger partial charge in [0, 0.05) is 11.9 Å². The zero-order valence-electron chi connectivity index (χ0n) is 15.7. The number of thiazole rings is 1. The number of rotatable bonds is 7. The molecule has 3 aromatic heterocycles. The Balaban J connectivity index is 1.43. The van der Waals surface area contributed by atoms with E-state index in [9.17, 15) is 9.59 Å². The van der Waals surface area contributed by atoms with Crippen LogP contribution >= 0.6 is 11.3 Å². The fourth-order valence-electron chi connectivity index (χ4n) is 2.97. The summed E-state index contributed by atoms with van der Waals surface area (Å²) in [5, 5.41) is 7.69. The van der Waals surface area contributed by atoms with Gasteiger partial charge in [0.15, 0.2) is 10.9 Å². The predicted octanol–water partition coefficient (Wildman–Crippen LogP) is 3.93. The first-order valence-electron chi connectivity index (χ1n) is 9.18. The maximum atomic E-state index is 12.5. The van der Waals surface area contributed by atoms with E-state index in [1.54, 1.807) is 17.5 Å². The van der Waals surface area contributed by atoms with Crippen molar-refractivity contribution < 1.29 is 14.0 Å². The summed E-state index contributed by atoms with van der Waals surface area (Å²) in [7, 11) is 0. The molecule has 0 saturated heterocycles. The maximum absolute atomic E-state index is 12.5. The molecule has 4 rings (SSSR count). The molecule has 0 radical (unpaired) electrons. The Morgan fingerprint density at radius 1 is 1.14 bits per heavy atom. The van der Waals surface area contributed by atoms with Crippen molar-refractivity contribution in [3.63, 3.8) is 0 Å². The fraction of sp³-hybridized carbons (Fsp3) is 0.200. The molecular weight excluding hydrogens is 390 g/mol. The first-order valence-corrected chi connectivity index (χ1v) is 10.1. The van der Waals surface area contributed by atoms with Crippen molar-refractivity contribution in [1.82, 2.24) is 14.5 Å². The standard InChI is InChI=1S/C20H19N5O3S/c1-2-9-25-15-7-4-3-6-14(15)22-19(25)23-17(26)11-13-12-29-20(21-13)24-18(27)16-8-5-10-28-16/h3-8,10,12H,2,9,11H2,1H3,(H,21,24,27)(H,22,23,26). The summed E-state index contributed by atoms with van der Waals surface area (Å²) < 4.78 is 7.06. The van der Waals surface area contributed by atoms with Gasteiger partial charge in [-0.15, -0.1) is 11.3 Å². The molecular formula is C20H19N5O3S. The molecule has 148 valence electrons. The second kappa shape index (κ2) is 8.27. The largest absolute Gasteiger partial charge is 0.459 e. The maximum Gasteiger partial charge on any atom is 0.293 e. The van der Waals surface area contributed by atoms with E-state index in [4.69, 9.17) is 4.42 Å². The molecule has 0 atom stereocenters. The normalized spacial score (nSPS) is 10.9. The van der Waals surface area contributed by atoms with Crippen molar-refractivity contribution in [3.8, 4) is 0 Å². The van der Waals surface area contributed by atoms with Crippen LogP contribution in [0.15, 0.2) is 52.5 Å². The Bertz CT molecular complexity index is 1150. The van der Waals surface area contributed by atoms with E-state index < -0.39 is 0 Å². The first-order chi connectivity index (χ1) is 14.1. The number of anilines is 2. The molecule has 29 heavy (non-hydrogen) atoms. The summed E-state index contributed by atoms with van der Waals surface area (Å²) in [6, 6.07) is 11.0. The summed E-state index contributed by atoms with van der Waals surface area (Å²) >= 11 is 1.25. The molecule has 0 aliphatic heterocycles. The van der Waals surface area contributed by atoms with Crippen LogP contribution in [0.3, 0.4) is 0 Å². The number of aryl methyl sites for hydroxylation is 1. The van der Waals surface area contributed by atoms with Gasteiger partial charge in [-0.1, -0.05) is 19.1 Å². The van der Waals surface area contributed by atoms with Crippen LogP contribution in [0.2, 0.25) is 0 Å². The van der Waals surface area contributed by atoms with E-state index in [0.717, 1.165) is 24.0 Å². The van der Waals surface area contributed by atoms with E-state index in [1.165, 1.54) is 17.6 Å². The summed E-state index contributed by atoms with van der Waals surface area (Å²) in [5.41, 5.74) is 2.40. The van der Waals surface area contributed by atoms with Crippen LogP contribution in [-0.2, 0) is 17.8 Å². The Morgan fingerprint density at radius 2 is 2.00 bits per heavy atom. The van der Waals surface area contributed by atoms with Crippen LogP contribution < -0.4 is 10.6 Å². The molecule has 0 saturated carbocycles. The lowest BCUT2D eigenvalue weighted by atomic mass is 10.3. The lowest BCUT2D eigenvalue weighted by Crippen LogP contribution is -2.18. The molecule has 2 amide bonds. The topological polar surface area (TPSA) is 102 Å². The number of carbonyl (C=O) groups excluding carboxylic acids is 2. The summed E-state index contributed by atoms with van der Waals surface area (Å²) in [6.07, 6.45) is 2.44. The minimum atomic E-state index is -0.381. The predicted molar refractivity (Wildman–Crippen MR) is 111 cm³/mol. The highest BCUT2D eigenvalue weighted by Gasteiger charge is 2.15. The Labute approximate surface area is 170 Å². The highest BCUT2D eigenvalue weighted by atomic mass is 32.1. The second-order valence-electron chi connectivity index (χ2n) is 6.38. The second-order valence-corrected chi connectivity index (χ2v) is 7.23. The number of benzene rings is 1. The summed E-state index contributed by atoms with van der Waals surface area (Å²) in [6.45, 7) is 2.84. The van der Waals surface area contributed by atoms with Gasteiger partial charge in [-0.2, -0.15) is 0 Å². The van der Waals surface area contributed by atoms with E-state index in [2.05, 4.69) is 27.5 Å². The molecule has 0 bridgehead atoms. The number of nitrogens with zero attached hydrogens (tertiary/aromatic N) is 3. The molecule has 8 nitrogen and oxygen atoms in total. The molecule has 0 aliphatic rings. The van der Waals surface area contributed by atoms with Crippen LogP contribution in [0, 0.1) is 0 Å². The number of amides is 2. The number of para-hydroxylation sites is 2. The number of imidazole rings is 1. The SMILES string of the molecule is CCCn1c(NC(=O)Cc2csc(NC(=O)c3ccco3)n2)nc2ccccc21. The highest BCUT2D eigenvalue weighted by molar-refractivity contribution is 7.14. The van der Waals surface area contributed by atoms with Crippen LogP contribution in [0.4, 0.5) is 11.1 Å². The van der Waals surface area contributed by atoms with Crippen molar-refractivity contribution in [3.05, 3.63) is 59.5 Å². The van der Waals surface area contributed by atoms with Gasteiger partial charge >= 0.3 is 0 Å². The minimum Gasteiger partial charge on any atom is -0.459 e. The third-order valence-corrected chi connectivity index (χ3v) is 5.02. The lowest BCUT2D eigenvalue weighted by molar-refractivity contribution is -0.115. The van der Waals surface area contributed by atoms with Crippen molar-refractivity contribution in [2.75, 3.05) is 10.6 Å². The van der Waals surface area contributed by atoms with E-state index in [0.29, 0.717) is 16.8 Å². The van der Waals surface area contributed by atoms with Gasteiger partial charge in [0.05, 0.1) is 29.4 Å². The number of aromatic nitrogens is 3. The fourth-order valence-corrected chi connectivity index (χ4v) is 3.67. The zero-order chi connectivity index (χ0) is 20.2. The van der Waals surface area contributed by atoms with Gasteiger partial charge in [0.2, 0.25) is 11.9 Å². The van der Waals surface area contributed by atoms with E-state index >= 15 is 0 Å². The van der Waals surface area contributed by atoms with E-state index in [-0.39, 0.29) is 24.0 Å². The number of fused-ring (bicyclic) bond motifs is 1. The number of hydrogen-bond acceptors (Lipinski definition) is 6. The van der Waals surface area contributed by atoms with Gasteiger partial charge in [-0.3, -0.25) is 20.2 Å². The summed E-state index contributed by atoms with van der Waals surface area (Å²) in [4.78, 5) is 33.4. The van der Waals surface area contributed by atoms with Crippen molar-refractivity contribution >= 4 is 45.3 Å². The van der Waals surface area contributed by atoms with Crippen LogP contribution in [-0.4, -0.2) is 26.3 Å². The average Bonchev–Trinajstić information content (AvgIpc) is 3.44. The molecule has 2 N–H and O–H groups in total. The summed E-state index contributed by atoms with van der Waals surface area (Å²) in [5.74, 6) is 0.134. The van der Waals surface area contributed by atoms with Gasteiger partial charge in [0.25, 0.3) is 5.91 Å². The number of carbonyl (C=O) groups is 2. The molecule has 3 heterocycles. The zero-order valence-corrected chi connectivity index (χ0v) is 16.5. The highest BCUT2D eigenvalue weighted by Crippen LogP contribution is 2.21. The number of nitrogens with one attached hydrogen (secondary N) is 2. The third kappa shape index (κ3) is 4.19. The van der Waals surface area contributed by atoms with Crippen molar-refractivity contribution in [2.45, 2.75) is 26.3 Å². The van der Waals surface area contributed by atoms with Crippen molar-refractivity contribution in [2.24, 2.45) is 0 Å². The van der Waals surface area contributed by atoms with Crippen LogP contribution in [0.5, 0.6) is 0 Å². The van der Waals surface area contributed by atoms with E-state index in [1.807, 2.05) is 28.8 Å². The smallest absolute Gasteiger partial charge is 0.293 e. The molecule has 0 spiro atoms. The molecule has 0 fully saturated rings. The van der Waals surface area contributed by atoms with Crippen molar-refractivity contribution in [1.29, 1.82) is 0 Å². The van der Waals surface area contributed by atoms with Gasteiger partial charge in [-0.25, -0.2) is 9.97 Å². The lowest BCUT2D eigenvalue weighted by Gasteiger charge is -2.08. The molecule has 4 aromatic rings. The van der Waals surface area contributed by atoms with Gasteiger partial charge < -0.3 is 8.98 Å². The monoisotopic (exact) mass is 409 g/mol. The Kier molecular flexibility index (Phi) is 5.39. The van der Waals surface area contributed by atoms with Gasteiger partial charge in [-0.05, 0) is 30.7 Å². The molecule has 1 aromatic carbocycles. The van der Waals surface area contributed by atoms with Gasteiger partial charge in [0.1, 0.15) is 0 Å². The first kappa shape index (κ1) is 18.9. The minimum absolute atomic E-state index is 0.0858. The molecule has 9 heteroatoms. The quantitative estimate of drug-likeness (QED) is 0.481. The molecule has 0 unspecified atom stereocenters. The Hall–Kier alpha value is -3.46. The molecule has 0 aliphatic carbocycles. The van der Waals surface area contributed by atoms with Crippen LogP contribution in [0.1, 0.15) is 29.6 Å². The number of furan rings is 1. The van der Waals surface area contributed by atoms with Crippen LogP contribution in [0.25, 0.3) is 11.0 Å². The number of hydrogen-bond donors (Lipinski definition) is 2. The average molecular weight is 409 g/mol. The Morgan fingerprint density at radius 3 is 2.79 bits per heavy atom.